The highest BCUT2D eigenvalue weighted by atomic mass is 19.4. The van der Waals surface area contributed by atoms with Crippen molar-refractivity contribution in [1.29, 1.82) is 0 Å². The van der Waals surface area contributed by atoms with Gasteiger partial charge in [0.15, 0.2) is 0 Å². The zero-order chi connectivity index (χ0) is 23.8. The lowest BCUT2D eigenvalue weighted by atomic mass is 10.1. The van der Waals surface area contributed by atoms with Gasteiger partial charge in [-0.25, -0.2) is 9.97 Å². The number of hydrogen-bond acceptors (Lipinski definition) is 5. The minimum absolute atomic E-state index is 0.00315. The predicted molar refractivity (Wildman–Crippen MR) is 105 cm³/mol. The summed E-state index contributed by atoms with van der Waals surface area (Å²) >= 11 is 0. The molecule has 0 aliphatic carbocycles. The fourth-order valence-corrected chi connectivity index (χ4v) is 3.33. The van der Waals surface area contributed by atoms with E-state index < -0.39 is 36.4 Å². The minimum atomic E-state index is -4.51. The number of rotatable bonds is 3. The molecule has 1 atom stereocenters. The lowest BCUT2D eigenvalue weighted by Crippen LogP contribution is -2.58. The maximum Gasteiger partial charge on any atom is 0.417 e. The van der Waals surface area contributed by atoms with Crippen LogP contribution in [-0.4, -0.2) is 52.6 Å². The van der Waals surface area contributed by atoms with Gasteiger partial charge in [-0.05, 0) is 30.3 Å². The summed E-state index contributed by atoms with van der Waals surface area (Å²) < 4.78 is 82.3. The number of benzene rings is 1. The summed E-state index contributed by atoms with van der Waals surface area (Å²) in [7, 11) is 0. The van der Waals surface area contributed by atoms with Crippen molar-refractivity contribution in [3.05, 3.63) is 59.9 Å². The first kappa shape index (κ1) is 22.8. The van der Waals surface area contributed by atoms with E-state index in [1.54, 1.807) is 12.1 Å². The van der Waals surface area contributed by atoms with E-state index in [4.69, 9.17) is 4.74 Å². The minimum Gasteiger partial charge on any atom is -0.439 e. The molecule has 0 spiro atoms. The second-order valence-corrected chi connectivity index (χ2v) is 7.34. The summed E-state index contributed by atoms with van der Waals surface area (Å²) in [6.45, 7) is -0.366. The molecule has 3 aromatic rings. The quantitative estimate of drug-likeness (QED) is 0.575. The number of hydrogen-bond donors (Lipinski definition) is 1. The Kier molecular flexibility index (Phi) is 5.87. The standard InChI is InChI=1S/C21H16F6N4O2/c22-20(23,24)13-2-6-18(29-10-13)33-14-3-5-15-12(9-14)1-4-16(30-15)19(32)31-8-7-28-17(11-31)21(25,26)27/h1-6,9-10,17,28H,7-8,11H2. The number of alkyl halides is 6. The fourth-order valence-electron chi connectivity index (χ4n) is 3.33. The number of amides is 1. The van der Waals surface area contributed by atoms with E-state index in [1.807, 2.05) is 0 Å². The Labute approximate surface area is 183 Å². The molecule has 33 heavy (non-hydrogen) atoms. The van der Waals surface area contributed by atoms with Gasteiger partial charge in [0, 0.05) is 37.3 Å². The van der Waals surface area contributed by atoms with Crippen molar-refractivity contribution >= 4 is 16.8 Å². The fraction of sp³-hybridized carbons (Fsp3) is 0.286. The smallest absolute Gasteiger partial charge is 0.417 e. The van der Waals surface area contributed by atoms with Gasteiger partial charge in [-0.2, -0.15) is 26.3 Å². The molecular formula is C21H16F6N4O2. The molecule has 3 heterocycles. The Hall–Kier alpha value is -3.41. The number of aromatic nitrogens is 2. The third-order valence-electron chi connectivity index (χ3n) is 5.02. The highest BCUT2D eigenvalue weighted by molar-refractivity contribution is 5.95. The molecule has 1 aromatic carbocycles. The van der Waals surface area contributed by atoms with Crippen molar-refractivity contribution in [3.63, 3.8) is 0 Å². The van der Waals surface area contributed by atoms with Crippen molar-refractivity contribution < 1.29 is 35.9 Å². The molecule has 0 bridgehead atoms. The van der Waals surface area contributed by atoms with E-state index in [9.17, 15) is 31.1 Å². The van der Waals surface area contributed by atoms with Gasteiger partial charge in [0.05, 0.1) is 11.1 Å². The van der Waals surface area contributed by atoms with Crippen molar-refractivity contribution in [2.75, 3.05) is 19.6 Å². The Balaban J connectivity index is 1.49. The first-order valence-corrected chi connectivity index (χ1v) is 9.72. The third-order valence-corrected chi connectivity index (χ3v) is 5.02. The Morgan fingerprint density at radius 1 is 1.06 bits per heavy atom. The van der Waals surface area contributed by atoms with Gasteiger partial charge >= 0.3 is 12.4 Å². The average molecular weight is 470 g/mol. The third kappa shape index (κ3) is 5.16. The van der Waals surface area contributed by atoms with Crippen LogP contribution in [0.1, 0.15) is 16.1 Å². The van der Waals surface area contributed by atoms with Crippen LogP contribution in [0.15, 0.2) is 48.7 Å². The molecular weight excluding hydrogens is 454 g/mol. The molecule has 0 radical (unpaired) electrons. The van der Waals surface area contributed by atoms with Gasteiger partial charge < -0.3 is 15.0 Å². The molecule has 12 heteroatoms. The zero-order valence-corrected chi connectivity index (χ0v) is 16.7. The molecule has 1 fully saturated rings. The summed E-state index contributed by atoms with van der Waals surface area (Å²) in [4.78, 5) is 21.7. The molecule has 1 aliphatic rings. The Morgan fingerprint density at radius 3 is 2.52 bits per heavy atom. The van der Waals surface area contributed by atoms with Gasteiger partial charge in [-0.3, -0.25) is 4.79 Å². The van der Waals surface area contributed by atoms with Crippen molar-refractivity contribution in [1.82, 2.24) is 20.2 Å². The highest BCUT2D eigenvalue weighted by Crippen LogP contribution is 2.30. The van der Waals surface area contributed by atoms with Crippen LogP contribution in [-0.2, 0) is 6.18 Å². The van der Waals surface area contributed by atoms with Crippen LogP contribution in [0, 0.1) is 0 Å². The summed E-state index contributed by atoms with van der Waals surface area (Å²) in [6, 6.07) is 7.68. The van der Waals surface area contributed by atoms with Crippen molar-refractivity contribution in [2.45, 2.75) is 18.4 Å². The summed E-state index contributed by atoms with van der Waals surface area (Å²) in [5.41, 5.74) is -0.500. The number of nitrogens with zero attached hydrogens (tertiary/aromatic N) is 3. The van der Waals surface area contributed by atoms with Crippen LogP contribution >= 0.6 is 0 Å². The largest absolute Gasteiger partial charge is 0.439 e. The molecule has 0 saturated carbocycles. The lowest BCUT2D eigenvalue weighted by molar-refractivity contribution is -0.162. The number of pyridine rings is 2. The van der Waals surface area contributed by atoms with Gasteiger partial charge in [-0.1, -0.05) is 6.07 Å². The SMILES string of the molecule is O=C(c1ccc2cc(Oc3ccc(C(F)(F)F)cn3)ccc2n1)N1CCNC(C(F)(F)F)C1. The number of carbonyl (C=O) groups excluding carboxylic acids is 1. The van der Waals surface area contributed by atoms with Gasteiger partial charge in [0.2, 0.25) is 5.88 Å². The van der Waals surface area contributed by atoms with E-state index in [2.05, 4.69) is 15.3 Å². The van der Waals surface area contributed by atoms with E-state index in [0.29, 0.717) is 17.1 Å². The predicted octanol–water partition coefficient (Wildman–Crippen LogP) is 4.42. The lowest BCUT2D eigenvalue weighted by Gasteiger charge is -2.34. The number of carbonyl (C=O) groups is 1. The molecule has 1 aliphatic heterocycles. The van der Waals surface area contributed by atoms with Crippen LogP contribution in [0.5, 0.6) is 11.6 Å². The van der Waals surface area contributed by atoms with Crippen molar-refractivity contribution in [3.8, 4) is 11.6 Å². The van der Waals surface area contributed by atoms with Gasteiger partial charge in [-0.15, -0.1) is 0 Å². The molecule has 174 valence electrons. The molecule has 1 saturated heterocycles. The number of fused-ring (bicyclic) bond motifs is 1. The first-order valence-electron chi connectivity index (χ1n) is 9.72. The number of piperazine rings is 1. The molecule has 2 aromatic heterocycles. The number of ether oxygens (including phenoxy) is 1. The molecule has 6 nitrogen and oxygen atoms in total. The highest BCUT2D eigenvalue weighted by Gasteiger charge is 2.43. The Bertz CT molecular complexity index is 1160. The van der Waals surface area contributed by atoms with E-state index in [-0.39, 0.29) is 30.4 Å². The summed E-state index contributed by atoms with van der Waals surface area (Å²) in [5, 5.41) is 2.91. The molecule has 1 N–H and O–H groups in total. The Morgan fingerprint density at radius 2 is 1.85 bits per heavy atom. The summed E-state index contributed by atoms with van der Waals surface area (Å²) in [5.74, 6) is -0.368. The van der Waals surface area contributed by atoms with Crippen LogP contribution < -0.4 is 10.1 Å². The number of nitrogens with one attached hydrogen (secondary N) is 1. The molecule has 4 rings (SSSR count). The zero-order valence-electron chi connectivity index (χ0n) is 16.7. The molecule has 1 unspecified atom stereocenters. The van der Waals surface area contributed by atoms with E-state index in [1.165, 1.54) is 18.2 Å². The van der Waals surface area contributed by atoms with Gasteiger partial charge in [0.25, 0.3) is 5.91 Å². The van der Waals surface area contributed by atoms with Crippen LogP contribution in [0.25, 0.3) is 10.9 Å². The first-order chi connectivity index (χ1) is 15.5. The van der Waals surface area contributed by atoms with Crippen molar-refractivity contribution in [2.24, 2.45) is 0 Å². The second-order valence-electron chi connectivity index (χ2n) is 7.34. The van der Waals surface area contributed by atoms with Gasteiger partial charge in [0.1, 0.15) is 17.5 Å². The second kappa shape index (κ2) is 8.50. The average Bonchev–Trinajstić information content (AvgIpc) is 2.77. The summed E-state index contributed by atoms with van der Waals surface area (Å²) in [6.07, 6.45) is -8.31. The monoisotopic (exact) mass is 470 g/mol. The topological polar surface area (TPSA) is 67.3 Å². The van der Waals surface area contributed by atoms with Crippen LogP contribution in [0.3, 0.4) is 0 Å². The van der Waals surface area contributed by atoms with Crippen LogP contribution in [0.2, 0.25) is 0 Å². The van der Waals surface area contributed by atoms with E-state index >= 15 is 0 Å². The number of halogens is 6. The van der Waals surface area contributed by atoms with Crippen LogP contribution in [0.4, 0.5) is 26.3 Å². The maximum absolute atomic E-state index is 13.0. The normalized spacial score (nSPS) is 17.3. The maximum atomic E-state index is 13.0. The molecule has 1 amide bonds. The van der Waals surface area contributed by atoms with E-state index in [0.717, 1.165) is 17.0 Å².